The SMILES string of the molecule is COc1cccc([C@H]2C[C@@H](O)CN2C(=O)Cc2cccc(F)c2)c1. The van der Waals surface area contributed by atoms with Crippen molar-refractivity contribution in [3.05, 3.63) is 65.5 Å². The molecule has 1 N–H and O–H groups in total. The maximum absolute atomic E-state index is 13.3. The standard InChI is InChI=1S/C19H20FNO3/c1-24-17-7-3-5-14(10-17)18-11-16(22)12-21(18)19(23)9-13-4-2-6-15(20)8-13/h2-8,10,16,18,22H,9,11-12H2,1H3/t16-,18-/m1/s1. The average molecular weight is 329 g/mol. The number of amides is 1. The van der Waals surface area contributed by atoms with Crippen LogP contribution in [0.2, 0.25) is 0 Å². The number of carbonyl (C=O) groups excluding carboxylic acids is 1. The molecule has 2 aromatic rings. The highest BCUT2D eigenvalue weighted by Crippen LogP contribution is 2.34. The van der Waals surface area contributed by atoms with Gasteiger partial charge in [-0.2, -0.15) is 0 Å². The molecule has 2 atom stereocenters. The van der Waals surface area contributed by atoms with E-state index in [1.165, 1.54) is 12.1 Å². The Hall–Kier alpha value is -2.40. The molecule has 1 aliphatic heterocycles. The second kappa shape index (κ2) is 7.01. The maximum Gasteiger partial charge on any atom is 0.227 e. The minimum Gasteiger partial charge on any atom is -0.497 e. The molecule has 1 fully saturated rings. The minimum atomic E-state index is -0.558. The molecule has 5 heteroatoms. The van der Waals surface area contributed by atoms with E-state index in [0.29, 0.717) is 17.7 Å². The van der Waals surface area contributed by atoms with Gasteiger partial charge >= 0.3 is 0 Å². The van der Waals surface area contributed by atoms with Crippen LogP contribution < -0.4 is 4.74 Å². The molecule has 1 saturated heterocycles. The van der Waals surface area contributed by atoms with Crippen molar-refractivity contribution < 1.29 is 19.0 Å². The summed E-state index contributed by atoms with van der Waals surface area (Å²) in [5.74, 6) is 0.238. The van der Waals surface area contributed by atoms with Crippen LogP contribution in [-0.2, 0) is 11.2 Å². The Kier molecular flexibility index (Phi) is 4.81. The second-order valence-corrected chi connectivity index (χ2v) is 6.03. The number of aliphatic hydroxyl groups excluding tert-OH is 1. The molecule has 0 aliphatic carbocycles. The number of benzene rings is 2. The van der Waals surface area contributed by atoms with Gasteiger partial charge in [-0.15, -0.1) is 0 Å². The topological polar surface area (TPSA) is 49.8 Å². The number of hydrogen-bond acceptors (Lipinski definition) is 3. The van der Waals surface area contributed by atoms with Crippen LogP contribution in [-0.4, -0.2) is 35.7 Å². The summed E-state index contributed by atoms with van der Waals surface area (Å²) in [4.78, 5) is 14.3. The smallest absolute Gasteiger partial charge is 0.227 e. The minimum absolute atomic E-state index is 0.116. The van der Waals surface area contributed by atoms with Gasteiger partial charge in [0.2, 0.25) is 5.91 Å². The van der Waals surface area contributed by atoms with Crippen LogP contribution in [0, 0.1) is 5.82 Å². The Bertz CT molecular complexity index is 734. The first-order chi connectivity index (χ1) is 11.6. The van der Waals surface area contributed by atoms with Gasteiger partial charge in [0.15, 0.2) is 0 Å². The Balaban J connectivity index is 1.80. The summed E-state index contributed by atoms with van der Waals surface area (Å²) in [7, 11) is 1.59. The molecule has 1 heterocycles. The van der Waals surface area contributed by atoms with Crippen LogP contribution in [0.4, 0.5) is 4.39 Å². The molecule has 0 aromatic heterocycles. The molecule has 0 bridgehead atoms. The lowest BCUT2D eigenvalue weighted by molar-refractivity contribution is -0.131. The van der Waals surface area contributed by atoms with Crippen molar-refractivity contribution in [2.24, 2.45) is 0 Å². The first-order valence-electron chi connectivity index (χ1n) is 7.92. The third kappa shape index (κ3) is 3.57. The fourth-order valence-corrected chi connectivity index (χ4v) is 3.18. The van der Waals surface area contributed by atoms with E-state index in [-0.39, 0.29) is 30.7 Å². The van der Waals surface area contributed by atoms with Crippen LogP contribution in [0.5, 0.6) is 5.75 Å². The van der Waals surface area contributed by atoms with E-state index in [1.807, 2.05) is 24.3 Å². The molecule has 1 aliphatic rings. The van der Waals surface area contributed by atoms with E-state index in [9.17, 15) is 14.3 Å². The normalized spacial score (nSPS) is 20.2. The Morgan fingerprint density at radius 3 is 2.83 bits per heavy atom. The molecule has 2 aromatic carbocycles. The highest BCUT2D eigenvalue weighted by Gasteiger charge is 2.35. The van der Waals surface area contributed by atoms with Crippen molar-refractivity contribution in [1.82, 2.24) is 4.90 Å². The van der Waals surface area contributed by atoms with Gasteiger partial charge in [-0.25, -0.2) is 4.39 Å². The lowest BCUT2D eigenvalue weighted by atomic mass is 10.0. The third-order valence-corrected chi connectivity index (χ3v) is 4.32. The lowest BCUT2D eigenvalue weighted by Crippen LogP contribution is -2.33. The predicted molar refractivity (Wildman–Crippen MR) is 88.2 cm³/mol. The monoisotopic (exact) mass is 329 g/mol. The summed E-state index contributed by atoms with van der Waals surface area (Å²) in [6.45, 7) is 0.288. The zero-order chi connectivity index (χ0) is 17.1. The molecular formula is C19H20FNO3. The summed E-state index contributed by atoms with van der Waals surface area (Å²) in [6, 6.07) is 13.4. The molecule has 0 unspecified atom stereocenters. The average Bonchev–Trinajstić information content (AvgIpc) is 2.97. The summed E-state index contributed by atoms with van der Waals surface area (Å²) in [5.41, 5.74) is 1.56. The highest BCUT2D eigenvalue weighted by atomic mass is 19.1. The molecule has 0 radical (unpaired) electrons. The van der Waals surface area contributed by atoms with E-state index >= 15 is 0 Å². The lowest BCUT2D eigenvalue weighted by Gasteiger charge is -2.25. The molecule has 1 amide bonds. The van der Waals surface area contributed by atoms with Gasteiger partial charge in [0, 0.05) is 6.54 Å². The third-order valence-electron chi connectivity index (χ3n) is 4.32. The Morgan fingerprint density at radius 1 is 1.29 bits per heavy atom. The van der Waals surface area contributed by atoms with Crippen molar-refractivity contribution in [3.63, 3.8) is 0 Å². The first-order valence-corrected chi connectivity index (χ1v) is 7.92. The number of carbonyl (C=O) groups is 1. The van der Waals surface area contributed by atoms with E-state index < -0.39 is 6.10 Å². The van der Waals surface area contributed by atoms with Gasteiger partial charge in [-0.1, -0.05) is 24.3 Å². The molecule has 0 spiro atoms. The molecule has 0 saturated carbocycles. The van der Waals surface area contributed by atoms with Crippen LogP contribution in [0.15, 0.2) is 48.5 Å². The van der Waals surface area contributed by atoms with Crippen molar-refractivity contribution in [2.75, 3.05) is 13.7 Å². The number of ether oxygens (including phenoxy) is 1. The second-order valence-electron chi connectivity index (χ2n) is 6.03. The predicted octanol–water partition coefficient (Wildman–Crippen LogP) is 2.71. The number of halogens is 1. The number of β-amino-alcohol motifs (C(OH)–C–C–N with tert-alkyl or cyclic N) is 1. The van der Waals surface area contributed by atoms with Crippen molar-refractivity contribution in [3.8, 4) is 5.75 Å². The van der Waals surface area contributed by atoms with Crippen molar-refractivity contribution in [1.29, 1.82) is 0 Å². The van der Waals surface area contributed by atoms with Crippen molar-refractivity contribution >= 4 is 5.91 Å². The number of likely N-dealkylation sites (tertiary alicyclic amines) is 1. The van der Waals surface area contributed by atoms with E-state index in [0.717, 1.165) is 5.56 Å². The van der Waals surface area contributed by atoms with Gasteiger partial charge in [0.05, 0.1) is 25.7 Å². The molecular weight excluding hydrogens is 309 g/mol. The van der Waals surface area contributed by atoms with Gasteiger partial charge < -0.3 is 14.7 Å². The number of rotatable bonds is 4. The number of hydrogen-bond donors (Lipinski definition) is 1. The number of nitrogens with zero attached hydrogens (tertiary/aromatic N) is 1. The van der Waals surface area contributed by atoms with Crippen LogP contribution >= 0.6 is 0 Å². The molecule has 3 rings (SSSR count). The number of methoxy groups -OCH3 is 1. The Labute approximate surface area is 140 Å². The largest absolute Gasteiger partial charge is 0.497 e. The highest BCUT2D eigenvalue weighted by molar-refractivity contribution is 5.79. The number of aliphatic hydroxyl groups is 1. The Morgan fingerprint density at radius 2 is 2.08 bits per heavy atom. The fraction of sp³-hybridized carbons (Fsp3) is 0.316. The molecule has 24 heavy (non-hydrogen) atoms. The first kappa shape index (κ1) is 16.5. The zero-order valence-electron chi connectivity index (χ0n) is 13.5. The van der Waals surface area contributed by atoms with Crippen molar-refractivity contribution in [2.45, 2.75) is 25.0 Å². The quantitative estimate of drug-likeness (QED) is 0.938. The molecule has 126 valence electrons. The zero-order valence-corrected chi connectivity index (χ0v) is 13.5. The van der Waals surface area contributed by atoms with Crippen LogP contribution in [0.1, 0.15) is 23.6 Å². The summed E-state index contributed by atoms with van der Waals surface area (Å²) < 4.78 is 18.5. The van der Waals surface area contributed by atoms with E-state index in [2.05, 4.69) is 0 Å². The van der Waals surface area contributed by atoms with Crippen LogP contribution in [0.3, 0.4) is 0 Å². The van der Waals surface area contributed by atoms with Gasteiger partial charge in [-0.3, -0.25) is 4.79 Å². The summed E-state index contributed by atoms with van der Waals surface area (Å²) in [6.07, 6.45) is 0.0465. The van der Waals surface area contributed by atoms with Gasteiger partial charge in [0.1, 0.15) is 11.6 Å². The molecule has 4 nitrogen and oxygen atoms in total. The fourth-order valence-electron chi connectivity index (χ4n) is 3.18. The van der Waals surface area contributed by atoms with Crippen LogP contribution in [0.25, 0.3) is 0 Å². The van der Waals surface area contributed by atoms with E-state index in [1.54, 1.807) is 24.1 Å². The van der Waals surface area contributed by atoms with Gasteiger partial charge in [0.25, 0.3) is 0 Å². The maximum atomic E-state index is 13.3. The van der Waals surface area contributed by atoms with E-state index in [4.69, 9.17) is 4.74 Å². The summed E-state index contributed by atoms with van der Waals surface area (Å²) in [5, 5.41) is 10.0. The van der Waals surface area contributed by atoms with Gasteiger partial charge in [-0.05, 0) is 41.8 Å². The summed E-state index contributed by atoms with van der Waals surface area (Å²) >= 11 is 0.